The number of thiophene rings is 1. The molecule has 0 aliphatic carbocycles. The number of aromatic carboxylic acids is 1. The Hall–Kier alpha value is -1.45. The van der Waals surface area contributed by atoms with Crippen LogP contribution in [0.2, 0.25) is 0 Å². The summed E-state index contributed by atoms with van der Waals surface area (Å²) in [6.07, 6.45) is 2.18. The quantitative estimate of drug-likeness (QED) is 0.860. The van der Waals surface area contributed by atoms with Gasteiger partial charge in [0, 0.05) is 6.54 Å². The molecule has 1 aliphatic heterocycles. The lowest BCUT2D eigenvalue weighted by Gasteiger charge is -2.20. The third kappa shape index (κ3) is 3.42. The van der Waals surface area contributed by atoms with E-state index in [4.69, 9.17) is 5.11 Å². The number of hydrogen-bond donors (Lipinski definition) is 2. The van der Waals surface area contributed by atoms with E-state index in [-0.39, 0.29) is 4.88 Å². The standard InChI is InChI=1S/C12H16N2O5S2/c1-7-6-9(20-10(7)12(16)17)13-11(15)8-4-3-5-14(8)21(2,18)19/h6,8H,3-5H2,1-2H3,(H,13,15)(H,16,17). The second-order valence-corrected chi connectivity index (χ2v) is 7.94. The molecule has 1 atom stereocenters. The SMILES string of the molecule is Cc1cc(NC(=O)C2CCCN2S(C)(=O)=O)sc1C(=O)O. The highest BCUT2D eigenvalue weighted by Gasteiger charge is 2.36. The van der Waals surface area contributed by atoms with E-state index in [0.717, 1.165) is 17.6 Å². The van der Waals surface area contributed by atoms with E-state index >= 15 is 0 Å². The predicted molar refractivity (Wildman–Crippen MR) is 79.2 cm³/mol. The van der Waals surface area contributed by atoms with E-state index in [0.29, 0.717) is 30.0 Å². The first-order valence-corrected chi connectivity index (χ1v) is 8.98. The molecule has 7 nitrogen and oxygen atoms in total. The number of anilines is 1. The van der Waals surface area contributed by atoms with Gasteiger partial charge in [-0.2, -0.15) is 4.31 Å². The summed E-state index contributed by atoms with van der Waals surface area (Å²) in [4.78, 5) is 23.3. The first-order valence-electron chi connectivity index (χ1n) is 6.31. The van der Waals surface area contributed by atoms with Crippen LogP contribution in [0.1, 0.15) is 28.1 Å². The minimum atomic E-state index is -3.42. The van der Waals surface area contributed by atoms with Crippen LogP contribution in [0.3, 0.4) is 0 Å². The number of carbonyl (C=O) groups excluding carboxylic acids is 1. The first-order chi connectivity index (χ1) is 9.70. The number of aryl methyl sites for hydroxylation is 1. The summed E-state index contributed by atoms with van der Waals surface area (Å²) in [5.74, 6) is -1.47. The molecule has 1 aliphatic rings. The van der Waals surface area contributed by atoms with Crippen molar-refractivity contribution in [1.82, 2.24) is 4.31 Å². The molecule has 0 radical (unpaired) electrons. The number of hydrogen-bond acceptors (Lipinski definition) is 5. The van der Waals surface area contributed by atoms with Gasteiger partial charge in [0.25, 0.3) is 0 Å². The summed E-state index contributed by atoms with van der Waals surface area (Å²) in [6.45, 7) is 1.98. The molecule has 0 saturated carbocycles. The Balaban J connectivity index is 2.15. The van der Waals surface area contributed by atoms with Crippen molar-refractivity contribution < 1.29 is 23.1 Å². The molecule has 1 aromatic heterocycles. The fourth-order valence-electron chi connectivity index (χ4n) is 2.36. The number of rotatable bonds is 4. The molecular weight excluding hydrogens is 316 g/mol. The van der Waals surface area contributed by atoms with Crippen molar-refractivity contribution in [3.05, 3.63) is 16.5 Å². The van der Waals surface area contributed by atoms with Gasteiger partial charge in [0.2, 0.25) is 15.9 Å². The molecule has 1 aromatic rings. The minimum Gasteiger partial charge on any atom is -0.477 e. The highest BCUT2D eigenvalue weighted by molar-refractivity contribution is 7.88. The number of nitrogens with zero attached hydrogens (tertiary/aromatic N) is 1. The summed E-state index contributed by atoms with van der Waals surface area (Å²) >= 11 is 0.964. The molecule has 116 valence electrons. The van der Waals surface area contributed by atoms with Crippen molar-refractivity contribution in [2.75, 3.05) is 18.1 Å². The van der Waals surface area contributed by atoms with Crippen molar-refractivity contribution in [1.29, 1.82) is 0 Å². The Labute approximate surface area is 126 Å². The monoisotopic (exact) mass is 332 g/mol. The smallest absolute Gasteiger partial charge is 0.346 e. The van der Waals surface area contributed by atoms with E-state index in [1.165, 1.54) is 4.31 Å². The van der Waals surface area contributed by atoms with Crippen LogP contribution in [0.4, 0.5) is 5.00 Å². The molecule has 2 heterocycles. The van der Waals surface area contributed by atoms with E-state index in [1.54, 1.807) is 13.0 Å². The third-order valence-electron chi connectivity index (χ3n) is 3.29. The van der Waals surface area contributed by atoms with Gasteiger partial charge in [-0.15, -0.1) is 11.3 Å². The van der Waals surface area contributed by atoms with Crippen molar-refractivity contribution in [2.24, 2.45) is 0 Å². The maximum Gasteiger partial charge on any atom is 0.346 e. The number of carboxylic acid groups (broad SMARTS) is 1. The molecule has 2 rings (SSSR count). The first kappa shape index (κ1) is 15.9. The Morgan fingerprint density at radius 2 is 2.14 bits per heavy atom. The molecule has 21 heavy (non-hydrogen) atoms. The van der Waals surface area contributed by atoms with Crippen LogP contribution in [-0.2, 0) is 14.8 Å². The van der Waals surface area contributed by atoms with Gasteiger partial charge in [0.1, 0.15) is 10.9 Å². The number of nitrogens with one attached hydrogen (secondary N) is 1. The third-order valence-corrected chi connectivity index (χ3v) is 5.72. The summed E-state index contributed by atoms with van der Waals surface area (Å²) < 4.78 is 24.4. The molecule has 1 unspecified atom stereocenters. The second kappa shape index (κ2) is 5.74. The normalized spacial score (nSPS) is 19.6. The van der Waals surface area contributed by atoms with Gasteiger partial charge in [-0.25, -0.2) is 13.2 Å². The van der Waals surface area contributed by atoms with Crippen LogP contribution in [0.15, 0.2) is 6.07 Å². The Morgan fingerprint density at radius 3 is 2.67 bits per heavy atom. The zero-order chi connectivity index (χ0) is 15.8. The molecule has 0 spiro atoms. The van der Waals surface area contributed by atoms with E-state index < -0.39 is 27.9 Å². The number of carboxylic acids is 1. The zero-order valence-corrected chi connectivity index (χ0v) is 13.3. The van der Waals surface area contributed by atoms with Crippen molar-refractivity contribution in [2.45, 2.75) is 25.8 Å². The summed E-state index contributed by atoms with van der Waals surface area (Å²) in [7, 11) is -3.42. The summed E-state index contributed by atoms with van der Waals surface area (Å²) in [5, 5.41) is 12.0. The number of sulfonamides is 1. The fraction of sp³-hybridized carbons (Fsp3) is 0.500. The van der Waals surface area contributed by atoms with Gasteiger partial charge in [-0.3, -0.25) is 4.79 Å². The van der Waals surface area contributed by atoms with Crippen LogP contribution >= 0.6 is 11.3 Å². The lowest BCUT2D eigenvalue weighted by atomic mass is 10.2. The Bertz CT molecular complexity index is 680. The Morgan fingerprint density at radius 1 is 1.48 bits per heavy atom. The van der Waals surface area contributed by atoms with Crippen LogP contribution in [-0.4, -0.2) is 48.5 Å². The van der Waals surface area contributed by atoms with Gasteiger partial charge in [-0.1, -0.05) is 0 Å². The molecule has 2 N–H and O–H groups in total. The molecule has 0 aromatic carbocycles. The maximum absolute atomic E-state index is 12.2. The number of carbonyl (C=O) groups is 2. The highest BCUT2D eigenvalue weighted by atomic mass is 32.2. The molecule has 0 bridgehead atoms. The fourth-order valence-corrected chi connectivity index (χ4v) is 4.40. The van der Waals surface area contributed by atoms with Gasteiger partial charge in [-0.05, 0) is 31.4 Å². The molecule has 1 saturated heterocycles. The average molecular weight is 332 g/mol. The van der Waals surface area contributed by atoms with Gasteiger partial charge in [0.15, 0.2) is 0 Å². The molecule has 9 heteroatoms. The summed E-state index contributed by atoms with van der Waals surface area (Å²) in [6, 6.07) is 0.849. The highest BCUT2D eigenvalue weighted by Crippen LogP contribution is 2.28. The van der Waals surface area contributed by atoms with Crippen LogP contribution in [0.25, 0.3) is 0 Å². The van der Waals surface area contributed by atoms with Crippen LogP contribution in [0.5, 0.6) is 0 Å². The maximum atomic E-state index is 12.2. The predicted octanol–water partition coefficient (Wildman–Crippen LogP) is 1.12. The van der Waals surface area contributed by atoms with Crippen molar-refractivity contribution in [3.63, 3.8) is 0 Å². The lowest BCUT2D eigenvalue weighted by molar-refractivity contribution is -0.119. The minimum absolute atomic E-state index is 0.164. The van der Waals surface area contributed by atoms with E-state index in [2.05, 4.69) is 5.32 Å². The summed E-state index contributed by atoms with van der Waals surface area (Å²) in [5.41, 5.74) is 0.564. The van der Waals surface area contributed by atoms with E-state index in [1.807, 2.05) is 0 Å². The van der Waals surface area contributed by atoms with Crippen molar-refractivity contribution >= 4 is 38.2 Å². The van der Waals surface area contributed by atoms with Gasteiger partial charge < -0.3 is 10.4 Å². The number of amides is 1. The molecule has 1 fully saturated rings. The molecular formula is C12H16N2O5S2. The lowest BCUT2D eigenvalue weighted by Crippen LogP contribution is -2.42. The van der Waals surface area contributed by atoms with Crippen molar-refractivity contribution in [3.8, 4) is 0 Å². The molecule has 1 amide bonds. The zero-order valence-electron chi connectivity index (χ0n) is 11.6. The van der Waals surface area contributed by atoms with Crippen LogP contribution in [0, 0.1) is 6.92 Å². The Kier molecular flexibility index (Phi) is 4.35. The van der Waals surface area contributed by atoms with Gasteiger partial charge in [0.05, 0.1) is 11.3 Å². The topological polar surface area (TPSA) is 104 Å². The van der Waals surface area contributed by atoms with Crippen LogP contribution < -0.4 is 5.32 Å². The largest absolute Gasteiger partial charge is 0.477 e. The van der Waals surface area contributed by atoms with Gasteiger partial charge >= 0.3 is 5.97 Å². The average Bonchev–Trinajstić information content (AvgIpc) is 2.94. The second-order valence-electron chi connectivity index (χ2n) is 4.95. The van der Waals surface area contributed by atoms with E-state index in [9.17, 15) is 18.0 Å².